The van der Waals surface area contributed by atoms with Crippen LogP contribution in [0.25, 0.3) is 0 Å². The van der Waals surface area contributed by atoms with Crippen molar-refractivity contribution in [3.63, 3.8) is 0 Å². The maximum absolute atomic E-state index is 12.4. The van der Waals surface area contributed by atoms with E-state index in [4.69, 9.17) is 10.5 Å². The van der Waals surface area contributed by atoms with Crippen molar-refractivity contribution in [2.24, 2.45) is 0 Å². The van der Waals surface area contributed by atoms with E-state index in [0.29, 0.717) is 19.6 Å². The first-order valence-electron chi connectivity index (χ1n) is 8.41. The predicted molar refractivity (Wildman–Crippen MR) is 93.9 cm³/mol. The first-order valence-corrected chi connectivity index (χ1v) is 8.41. The number of morpholine rings is 1. The van der Waals surface area contributed by atoms with E-state index in [-0.39, 0.29) is 30.6 Å². The molecule has 3 heterocycles. The monoisotopic (exact) mass is 339 g/mol. The number of nitrogen functional groups attached to an aromatic ring is 1. The highest BCUT2D eigenvalue weighted by Crippen LogP contribution is 2.28. The smallest absolute Gasteiger partial charge is 0.249 e. The topological polar surface area (TPSA) is 84.6 Å². The second kappa shape index (κ2) is 6.33. The van der Waals surface area contributed by atoms with Crippen molar-refractivity contribution in [2.45, 2.75) is 25.6 Å². The molecule has 2 aliphatic rings. The lowest BCUT2D eigenvalue weighted by Crippen LogP contribution is -2.53. The van der Waals surface area contributed by atoms with E-state index in [1.165, 1.54) is 0 Å². The Morgan fingerprint density at radius 1 is 1.24 bits per heavy atom. The fraction of sp³-hybridized carbons (Fsp3) is 0.389. The van der Waals surface area contributed by atoms with E-state index in [1.54, 1.807) is 0 Å². The van der Waals surface area contributed by atoms with Gasteiger partial charge in [-0.05, 0) is 12.5 Å². The molecule has 7 heteroatoms. The SMILES string of the molecule is Cc1cc(N2C[C@@H]3[C@@H](C2)OCC(=O)N3Cc2ccccc2)nc(N)n1. The molecule has 2 saturated heterocycles. The van der Waals surface area contributed by atoms with E-state index in [1.807, 2.05) is 48.2 Å². The van der Waals surface area contributed by atoms with Crippen LogP contribution in [-0.2, 0) is 16.1 Å². The third-order valence-electron chi connectivity index (χ3n) is 4.76. The van der Waals surface area contributed by atoms with Crippen LogP contribution in [0.3, 0.4) is 0 Å². The quantitative estimate of drug-likeness (QED) is 0.897. The summed E-state index contributed by atoms with van der Waals surface area (Å²) in [4.78, 5) is 24.9. The highest BCUT2D eigenvalue weighted by Gasteiger charge is 2.43. The molecule has 2 aliphatic heterocycles. The second-order valence-electron chi connectivity index (χ2n) is 6.55. The number of aryl methyl sites for hydroxylation is 1. The van der Waals surface area contributed by atoms with Crippen LogP contribution in [0, 0.1) is 6.92 Å². The van der Waals surface area contributed by atoms with Crippen molar-refractivity contribution in [1.29, 1.82) is 0 Å². The number of rotatable bonds is 3. The predicted octanol–water partition coefficient (Wildman–Crippen LogP) is 0.983. The number of carbonyl (C=O) groups excluding carboxylic acids is 1. The number of benzene rings is 1. The van der Waals surface area contributed by atoms with E-state index >= 15 is 0 Å². The third-order valence-corrected chi connectivity index (χ3v) is 4.76. The lowest BCUT2D eigenvalue weighted by atomic mass is 10.1. The fourth-order valence-corrected chi connectivity index (χ4v) is 3.58. The van der Waals surface area contributed by atoms with Gasteiger partial charge in [0.15, 0.2) is 0 Å². The summed E-state index contributed by atoms with van der Waals surface area (Å²) in [6, 6.07) is 12.0. The number of nitrogens with two attached hydrogens (primary N) is 1. The van der Waals surface area contributed by atoms with Crippen LogP contribution in [0.5, 0.6) is 0 Å². The molecule has 1 amide bonds. The average Bonchev–Trinajstić information content (AvgIpc) is 3.02. The molecule has 130 valence electrons. The summed E-state index contributed by atoms with van der Waals surface area (Å²) >= 11 is 0. The molecule has 2 N–H and O–H groups in total. The van der Waals surface area contributed by atoms with Gasteiger partial charge in [0.2, 0.25) is 11.9 Å². The number of ether oxygens (including phenoxy) is 1. The van der Waals surface area contributed by atoms with E-state index in [9.17, 15) is 4.79 Å². The summed E-state index contributed by atoms with van der Waals surface area (Å²) in [6.45, 7) is 4.00. The Labute approximate surface area is 146 Å². The molecule has 1 aromatic carbocycles. The highest BCUT2D eigenvalue weighted by molar-refractivity contribution is 5.79. The maximum Gasteiger partial charge on any atom is 0.249 e. The number of amides is 1. The van der Waals surface area contributed by atoms with Gasteiger partial charge in [0.05, 0.1) is 12.1 Å². The van der Waals surface area contributed by atoms with Gasteiger partial charge in [0, 0.05) is 31.4 Å². The van der Waals surface area contributed by atoms with Crippen LogP contribution in [0.4, 0.5) is 11.8 Å². The molecule has 0 radical (unpaired) electrons. The van der Waals surface area contributed by atoms with Crippen LogP contribution in [-0.4, -0.2) is 52.6 Å². The molecule has 2 aromatic rings. The van der Waals surface area contributed by atoms with Crippen LogP contribution >= 0.6 is 0 Å². The molecule has 2 fully saturated rings. The summed E-state index contributed by atoms with van der Waals surface area (Å²) in [7, 11) is 0. The highest BCUT2D eigenvalue weighted by atomic mass is 16.5. The zero-order chi connectivity index (χ0) is 17.4. The van der Waals surface area contributed by atoms with Crippen LogP contribution in [0.1, 0.15) is 11.3 Å². The van der Waals surface area contributed by atoms with Crippen LogP contribution < -0.4 is 10.6 Å². The van der Waals surface area contributed by atoms with Crippen molar-refractivity contribution in [3.05, 3.63) is 47.7 Å². The Hall–Kier alpha value is -2.67. The van der Waals surface area contributed by atoms with Crippen molar-refractivity contribution in [1.82, 2.24) is 14.9 Å². The van der Waals surface area contributed by atoms with E-state index in [0.717, 1.165) is 17.1 Å². The largest absolute Gasteiger partial charge is 0.368 e. The molecule has 25 heavy (non-hydrogen) atoms. The normalized spacial score (nSPS) is 23.0. The molecule has 0 aliphatic carbocycles. The Balaban J connectivity index is 1.56. The van der Waals surface area contributed by atoms with Gasteiger partial charge in [-0.2, -0.15) is 4.98 Å². The van der Waals surface area contributed by atoms with Gasteiger partial charge in [-0.1, -0.05) is 30.3 Å². The first kappa shape index (κ1) is 15.8. The Bertz CT molecular complexity index is 762. The zero-order valence-electron chi connectivity index (χ0n) is 14.1. The van der Waals surface area contributed by atoms with Crippen molar-refractivity contribution < 1.29 is 9.53 Å². The Kier molecular flexibility index (Phi) is 4.01. The first-order chi connectivity index (χ1) is 12.1. The molecular formula is C18H21N5O2. The van der Waals surface area contributed by atoms with Gasteiger partial charge < -0.3 is 20.3 Å². The van der Waals surface area contributed by atoms with Crippen LogP contribution in [0.15, 0.2) is 36.4 Å². The summed E-state index contributed by atoms with van der Waals surface area (Å²) in [6.07, 6.45) is -0.0158. The molecule has 0 saturated carbocycles. The van der Waals surface area contributed by atoms with E-state index < -0.39 is 0 Å². The molecule has 1 aromatic heterocycles. The minimum Gasteiger partial charge on any atom is -0.368 e. The number of hydrogen-bond acceptors (Lipinski definition) is 6. The summed E-state index contributed by atoms with van der Waals surface area (Å²) in [5.74, 6) is 1.09. The third kappa shape index (κ3) is 3.15. The van der Waals surface area contributed by atoms with Gasteiger partial charge in [0.1, 0.15) is 12.4 Å². The van der Waals surface area contributed by atoms with Crippen molar-refractivity contribution >= 4 is 17.7 Å². The molecule has 0 spiro atoms. The molecular weight excluding hydrogens is 318 g/mol. The Morgan fingerprint density at radius 2 is 2.04 bits per heavy atom. The maximum atomic E-state index is 12.4. The lowest BCUT2D eigenvalue weighted by molar-refractivity contribution is -0.153. The summed E-state index contributed by atoms with van der Waals surface area (Å²) in [5.41, 5.74) is 7.73. The number of aromatic nitrogens is 2. The summed E-state index contributed by atoms with van der Waals surface area (Å²) in [5, 5.41) is 0. The minimum absolute atomic E-state index is 0.0120. The van der Waals surface area contributed by atoms with Crippen molar-refractivity contribution in [2.75, 3.05) is 30.3 Å². The van der Waals surface area contributed by atoms with Gasteiger partial charge >= 0.3 is 0 Å². The molecule has 0 bridgehead atoms. The van der Waals surface area contributed by atoms with E-state index in [2.05, 4.69) is 14.9 Å². The summed E-state index contributed by atoms with van der Waals surface area (Å²) < 4.78 is 5.79. The number of hydrogen-bond donors (Lipinski definition) is 1. The number of carbonyl (C=O) groups is 1. The number of anilines is 2. The average molecular weight is 339 g/mol. The minimum atomic E-state index is -0.0158. The molecule has 7 nitrogen and oxygen atoms in total. The number of nitrogens with zero attached hydrogens (tertiary/aromatic N) is 4. The standard InChI is InChI=1S/C18H21N5O2/c1-12-7-16(21-18(19)20-12)22-9-14-15(10-22)25-11-17(24)23(14)8-13-5-3-2-4-6-13/h2-7,14-15H,8-11H2,1H3,(H2,19,20,21)/t14-,15-/m1/s1. The van der Waals surface area contributed by atoms with Crippen molar-refractivity contribution in [3.8, 4) is 0 Å². The molecule has 2 atom stereocenters. The van der Waals surface area contributed by atoms with Gasteiger partial charge in [-0.25, -0.2) is 4.98 Å². The van der Waals surface area contributed by atoms with Gasteiger partial charge in [0.25, 0.3) is 0 Å². The van der Waals surface area contributed by atoms with Gasteiger partial charge in [-0.3, -0.25) is 4.79 Å². The fourth-order valence-electron chi connectivity index (χ4n) is 3.58. The Morgan fingerprint density at radius 3 is 2.80 bits per heavy atom. The lowest BCUT2D eigenvalue weighted by Gasteiger charge is -2.36. The van der Waals surface area contributed by atoms with Gasteiger partial charge in [-0.15, -0.1) is 0 Å². The zero-order valence-corrected chi connectivity index (χ0v) is 14.1. The second-order valence-corrected chi connectivity index (χ2v) is 6.55. The number of fused-ring (bicyclic) bond motifs is 1. The molecule has 4 rings (SSSR count). The van der Waals surface area contributed by atoms with Crippen LogP contribution in [0.2, 0.25) is 0 Å². The molecule has 0 unspecified atom stereocenters.